The number of aliphatic hydroxyl groups is 1. The van der Waals surface area contributed by atoms with E-state index in [-0.39, 0.29) is 30.4 Å². The number of likely N-dealkylation sites (tertiary alicyclic amines) is 1. The fourth-order valence-corrected chi connectivity index (χ4v) is 2.87. The number of hydrogen-bond donors (Lipinski definition) is 1. The van der Waals surface area contributed by atoms with Crippen molar-refractivity contribution in [3.05, 3.63) is 41.7 Å². The standard InChI is InChI=1S/C17H17N3O4/c1-23-14-6-13(10-21)20(9-14)17(22)16-7-15(19-24-16)12-4-2-3-11(5-12)8-18/h2-5,7,13-14,21H,6,9-10H2,1H3/t13-,14+/m0/s1. The molecule has 0 unspecified atom stereocenters. The minimum absolute atomic E-state index is 0.0965. The molecule has 3 rings (SSSR count). The number of carbonyl (C=O) groups excluding carboxylic acids is 1. The molecule has 2 aromatic rings. The quantitative estimate of drug-likeness (QED) is 0.912. The second kappa shape index (κ2) is 6.83. The van der Waals surface area contributed by atoms with E-state index in [9.17, 15) is 9.90 Å². The van der Waals surface area contributed by atoms with E-state index < -0.39 is 0 Å². The third-order valence-corrected chi connectivity index (χ3v) is 4.19. The summed E-state index contributed by atoms with van der Waals surface area (Å²) >= 11 is 0. The van der Waals surface area contributed by atoms with Gasteiger partial charge in [-0.1, -0.05) is 17.3 Å². The monoisotopic (exact) mass is 327 g/mol. The van der Waals surface area contributed by atoms with Crippen molar-refractivity contribution in [2.75, 3.05) is 20.3 Å². The van der Waals surface area contributed by atoms with Crippen molar-refractivity contribution in [3.8, 4) is 17.3 Å². The predicted molar refractivity (Wildman–Crippen MR) is 84.0 cm³/mol. The van der Waals surface area contributed by atoms with Crippen LogP contribution in [0.25, 0.3) is 11.3 Å². The summed E-state index contributed by atoms with van der Waals surface area (Å²) in [5.41, 5.74) is 1.69. The number of nitriles is 1. The summed E-state index contributed by atoms with van der Waals surface area (Å²) in [6, 6.07) is 10.2. The fraction of sp³-hybridized carbons (Fsp3) is 0.353. The van der Waals surface area contributed by atoms with Crippen molar-refractivity contribution in [3.63, 3.8) is 0 Å². The second-order valence-corrected chi connectivity index (χ2v) is 5.66. The van der Waals surface area contributed by atoms with E-state index in [0.717, 1.165) is 0 Å². The molecule has 0 bridgehead atoms. The molecule has 1 aliphatic heterocycles. The first-order chi connectivity index (χ1) is 11.7. The van der Waals surface area contributed by atoms with Gasteiger partial charge in [0.05, 0.1) is 30.4 Å². The fourth-order valence-electron chi connectivity index (χ4n) is 2.87. The normalized spacial score (nSPS) is 20.1. The first kappa shape index (κ1) is 16.2. The van der Waals surface area contributed by atoms with E-state index in [2.05, 4.69) is 11.2 Å². The number of nitrogens with zero attached hydrogens (tertiary/aromatic N) is 3. The lowest BCUT2D eigenvalue weighted by Crippen LogP contribution is -2.37. The molecule has 1 N–H and O–H groups in total. The molecule has 124 valence electrons. The largest absolute Gasteiger partial charge is 0.394 e. The number of amides is 1. The van der Waals surface area contributed by atoms with Crippen LogP contribution >= 0.6 is 0 Å². The van der Waals surface area contributed by atoms with Crippen molar-refractivity contribution in [2.24, 2.45) is 0 Å². The van der Waals surface area contributed by atoms with Crippen molar-refractivity contribution < 1.29 is 19.2 Å². The van der Waals surface area contributed by atoms with Gasteiger partial charge in [0.15, 0.2) is 0 Å². The van der Waals surface area contributed by atoms with Crippen LogP contribution in [-0.4, -0.2) is 53.5 Å². The first-order valence-electron chi connectivity index (χ1n) is 7.58. The zero-order valence-corrected chi connectivity index (χ0v) is 13.2. The average molecular weight is 327 g/mol. The van der Waals surface area contributed by atoms with Gasteiger partial charge in [0.2, 0.25) is 5.76 Å². The zero-order valence-electron chi connectivity index (χ0n) is 13.2. The molecule has 0 spiro atoms. The van der Waals surface area contributed by atoms with E-state index in [1.54, 1.807) is 42.3 Å². The summed E-state index contributed by atoms with van der Waals surface area (Å²) in [5.74, 6) is -0.230. The molecule has 2 atom stereocenters. The summed E-state index contributed by atoms with van der Waals surface area (Å²) in [6.07, 6.45) is 0.491. The Morgan fingerprint density at radius 2 is 2.38 bits per heavy atom. The van der Waals surface area contributed by atoms with Crippen LogP contribution in [0.2, 0.25) is 0 Å². The molecule has 24 heavy (non-hydrogen) atoms. The van der Waals surface area contributed by atoms with Gasteiger partial charge in [-0.2, -0.15) is 5.26 Å². The number of hydrogen-bond acceptors (Lipinski definition) is 6. The van der Waals surface area contributed by atoms with Gasteiger partial charge >= 0.3 is 0 Å². The summed E-state index contributed by atoms with van der Waals surface area (Å²) in [5, 5.41) is 22.3. The highest BCUT2D eigenvalue weighted by atomic mass is 16.5. The van der Waals surface area contributed by atoms with Crippen LogP contribution in [0.4, 0.5) is 0 Å². The lowest BCUT2D eigenvalue weighted by Gasteiger charge is -2.20. The minimum atomic E-state index is -0.330. The minimum Gasteiger partial charge on any atom is -0.394 e. The van der Waals surface area contributed by atoms with Crippen molar-refractivity contribution in [1.29, 1.82) is 5.26 Å². The predicted octanol–water partition coefficient (Wildman–Crippen LogP) is 1.44. The number of methoxy groups -OCH3 is 1. The lowest BCUT2D eigenvalue weighted by atomic mass is 10.1. The van der Waals surface area contributed by atoms with Crippen LogP contribution in [0.1, 0.15) is 22.5 Å². The maximum absolute atomic E-state index is 12.6. The van der Waals surface area contributed by atoms with E-state index in [1.807, 2.05) is 0 Å². The Balaban J connectivity index is 1.82. The van der Waals surface area contributed by atoms with Gasteiger partial charge in [-0.3, -0.25) is 4.79 Å². The van der Waals surface area contributed by atoms with E-state index in [1.165, 1.54) is 0 Å². The molecular weight excluding hydrogens is 310 g/mol. The SMILES string of the molecule is CO[C@@H]1C[C@@H](CO)N(C(=O)c2cc(-c3cccc(C#N)c3)no2)C1. The molecule has 1 saturated heterocycles. The molecule has 1 aliphatic rings. The zero-order chi connectivity index (χ0) is 17.1. The Kier molecular flexibility index (Phi) is 4.60. The summed E-state index contributed by atoms with van der Waals surface area (Å²) < 4.78 is 10.5. The van der Waals surface area contributed by atoms with Crippen LogP contribution in [0.15, 0.2) is 34.9 Å². The summed E-state index contributed by atoms with van der Waals surface area (Å²) in [6.45, 7) is 0.275. The van der Waals surface area contributed by atoms with Gasteiger partial charge in [0.25, 0.3) is 5.91 Å². The Morgan fingerprint density at radius 1 is 1.54 bits per heavy atom. The smallest absolute Gasteiger partial charge is 0.292 e. The highest BCUT2D eigenvalue weighted by Gasteiger charge is 2.36. The van der Waals surface area contributed by atoms with Gasteiger partial charge in [-0.15, -0.1) is 0 Å². The Bertz CT molecular complexity index is 780. The van der Waals surface area contributed by atoms with Crippen LogP contribution in [0.5, 0.6) is 0 Å². The van der Waals surface area contributed by atoms with Crippen LogP contribution in [-0.2, 0) is 4.74 Å². The van der Waals surface area contributed by atoms with Crippen molar-refractivity contribution in [1.82, 2.24) is 10.1 Å². The summed E-state index contributed by atoms with van der Waals surface area (Å²) in [7, 11) is 1.59. The number of benzene rings is 1. The topological polar surface area (TPSA) is 99.6 Å². The van der Waals surface area contributed by atoms with Gasteiger partial charge in [0, 0.05) is 25.3 Å². The second-order valence-electron chi connectivity index (χ2n) is 5.66. The lowest BCUT2D eigenvalue weighted by molar-refractivity contribution is 0.0608. The van der Waals surface area contributed by atoms with Gasteiger partial charge in [0.1, 0.15) is 5.69 Å². The molecule has 7 nitrogen and oxygen atoms in total. The molecule has 1 aromatic carbocycles. The molecule has 7 heteroatoms. The van der Waals surface area contributed by atoms with Gasteiger partial charge in [-0.25, -0.2) is 0 Å². The number of aliphatic hydroxyl groups excluding tert-OH is 1. The molecule has 2 heterocycles. The highest BCUT2D eigenvalue weighted by molar-refractivity contribution is 5.93. The van der Waals surface area contributed by atoms with E-state index >= 15 is 0 Å². The Morgan fingerprint density at radius 3 is 3.08 bits per heavy atom. The average Bonchev–Trinajstić information content (AvgIpc) is 3.28. The number of ether oxygens (including phenoxy) is 1. The number of rotatable bonds is 4. The molecule has 0 radical (unpaired) electrons. The number of carbonyl (C=O) groups is 1. The van der Waals surface area contributed by atoms with Gasteiger partial charge in [-0.05, 0) is 18.6 Å². The van der Waals surface area contributed by atoms with Crippen molar-refractivity contribution >= 4 is 5.91 Å². The summed E-state index contributed by atoms with van der Waals surface area (Å²) in [4.78, 5) is 14.2. The maximum Gasteiger partial charge on any atom is 0.292 e. The molecule has 1 fully saturated rings. The molecular formula is C17H17N3O4. The molecule has 0 saturated carbocycles. The highest BCUT2D eigenvalue weighted by Crippen LogP contribution is 2.25. The van der Waals surface area contributed by atoms with Gasteiger partial charge < -0.3 is 19.3 Å². The maximum atomic E-state index is 12.6. The van der Waals surface area contributed by atoms with Crippen LogP contribution < -0.4 is 0 Å². The van der Waals surface area contributed by atoms with Crippen LogP contribution in [0, 0.1) is 11.3 Å². The van der Waals surface area contributed by atoms with Crippen LogP contribution in [0.3, 0.4) is 0 Å². The molecule has 1 amide bonds. The number of aromatic nitrogens is 1. The Hall–Kier alpha value is -2.69. The third-order valence-electron chi connectivity index (χ3n) is 4.19. The first-order valence-corrected chi connectivity index (χ1v) is 7.58. The Labute approximate surface area is 139 Å². The van der Waals surface area contributed by atoms with E-state index in [4.69, 9.17) is 14.5 Å². The molecule has 0 aliphatic carbocycles. The van der Waals surface area contributed by atoms with E-state index in [0.29, 0.717) is 29.8 Å². The molecule has 1 aromatic heterocycles. The third kappa shape index (κ3) is 3.02. The van der Waals surface area contributed by atoms with Crippen molar-refractivity contribution in [2.45, 2.75) is 18.6 Å².